The molecule has 0 bridgehead atoms. The molecule has 0 fully saturated rings. The maximum Gasteiger partial charge on any atom is 0.416 e. The van der Waals surface area contributed by atoms with Crippen molar-refractivity contribution in [3.05, 3.63) is 9.98 Å². The van der Waals surface area contributed by atoms with E-state index in [0.717, 1.165) is 3.79 Å². The summed E-state index contributed by atoms with van der Waals surface area (Å²) in [5.41, 5.74) is -0.372. The van der Waals surface area contributed by atoms with Gasteiger partial charge in [0.15, 0.2) is 5.13 Å². The van der Waals surface area contributed by atoms with Crippen molar-refractivity contribution >= 4 is 38.5 Å². The second-order valence-electron chi connectivity index (χ2n) is 4.89. The number of nitrogens with zero attached hydrogens (tertiary/aromatic N) is 2. The number of aromatic nitrogens is 1. The fourth-order valence-electron chi connectivity index (χ4n) is 1.24. The van der Waals surface area contributed by atoms with Crippen molar-refractivity contribution in [2.75, 3.05) is 4.90 Å². The Labute approximate surface area is 114 Å². The first-order chi connectivity index (χ1) is 7.71. The van der Waals surface area contributed by atoms with E-state index in [2.05, 4.69) is 20.9 Å². The minimum atomic E-state index is -0.372. The van der Waals surface area contributed by atoms with E-state index < -0.39 is 0 Å². The van der Waals surface area contributed by atoms with Crippen molar-refractivity contribution in [3.8, 4) is 0 Å². The number of anilines is 1. The highest BCUT2D eigenvalue weighted by atomic mass is 79.9. The first-order valence-corrected chi connectivity index (χ1v) is 6.95. The molecule has 0 unspecified atom stereocenters. The molecule has 0 aliphatic rings. The Morgan fingerprint density at radius 1 is 1.53 bits per heavy atom. The highest BCUT2D eigenvalue weighted by Gasteiger charge is 2.32. The van der Waals surface area contributed by atoms with Gasteiger partial charge in [-0.15, -0.1) is 0 Å². The van der Waals surface area contributed by atoms with Crippen LogP contribution in [0, 0.1) is 0 Å². The molecule has 4 nitrogen and oxygen atoms in total. The van der Waals surface area contributed by atoms with Gasteiger partial charge in [-0.2, -0.15) is 0 Å². The number of amides is 1. The summed E-state index contributed by atoms with van der Waals surface area (Å²) in [6, 6.07) is 0. The quantitative estimate of drug-likeness (QED) is 0.825. The Balaban J connectivity index is 3.01. The predicted molar refractivity (Wildman–Crippen MR) is 73.7 cm³/mol. The highest BCUT2D eigenvalue weighted by molar-refractivity contribution is 9.11. The van der Waals surface area contributed by atoms with E-state index in [1.165, 1.54) is 11.3 Å². The van der Waals surface area contributed by atoms with E-state index in [0.29, 0.717) is 5.13 Å². The van der Waals surface area contributed by atoms with Gasteiger partial charge in [-0.1, -0.05) is 11.3 Å². The minimum Gasteiger partial charge on any atom is -0.446 e. The molecule has 1 heterocycles. The summed E-state index contributed by atoms with van der Waals surface area (Å²) in [4.78, 5) is 17.8. The third-order valence-electron chi connectivity index (χ3n) is 1.85. The van der Waals surface area contributed by atoms with Gasteiger partial charge < -0.3 is 4.74 Å². The fraction of sp³-hybridized carbons (Fsp3) is 0.636. The van der Waals surface area contributed by atoms with Crippen molar-refractivity contribution in [2.24, 2.45) is 0 Å². The number of hydrogen-bond donors (Lipinski definition) is 0. The molecular formula is C11H17BrN2O2S. The summed E-state index contributed by atoms with van der Waals surface area (Å²) in [6.07, 6.45) is 1.17. The average molecular weight is 321 g/mol. The zero-order valence-electron chi connectivity index (χ0n) is 10.7. The molecule has 1 rings (SSSR count). The summed E-state index contributed by atoms with van der Waals surface area (Å²) in [5, 5.41) is 0.634. The van der Waals surface area contributed by atoms with E-state index >= 15 is 0 Å². The van der Waals surface area contributed by atoms with Gasteiger partial charge in [0.05, 0.1) is 16.1 Å². The van der Waals surface area contributed by atoms with Gasteiger partial charge in [0.2, 0.25) is 0 Å². The van der Waals surface area contributed by atoms with E-state index in [9.17, 15) is 4.79 Å². The maximum atomic E-state index is 12.1. The van der Waals surface area contributed by atoms with Gasteiger partial charge >= 0.3 is 6.09 Å². The van der Waals surface area contributed by atoms with Crippen LogP contribution in [0.4, 0.5) is 9.93 Å². The Bertz CT molecular complexity index is 398. The zero-order chi connectivity index (χ0) is 13.2. The van der Waals surface area contributed by atoms with Gasteiger partial charge in [-0.05, 0) is 50.5 Å². The third-order valence-corrected chi connectivity index (χ3v) is 3.31. The molecule has 0 radical (unpaired) electrons. The maximum absolute atomic E-state index is 12.1. The second-order valence-corrected chi connectivity index (χ2v) is 7.27. The zero-order valence-corrected chi connectivity index (χ0v) is 13.1. The molecule has 96 valence electrons. The first kappa shape index (κ1) is 14.4. The average Bonchev–Trinajstić information content (AvgIpc) is 2.47. The van der Waals surface area contributed by atoms with Gasteiger partial charge in [0.1, 0.15) is 0 Å². The van der Waals surface area contributed by atoms with Crippen LogP contribution < -0.4 is 4.90 Å². The Hall–Kier alpha value is -0.620. The SMILES string of the molecule is CC(C)OC(=O)N(c1ncc(Br)s1)C(C)(C)C. The molecule has 1 amide bonds. The fourth-order valence-corrected chi connectivity index (χ4v) is 2.60. The van der Waals surface area contributed by atoms with Gasteiger partial charge in [0, 0.05) is 5.54 Å². The highest BCUT2D eigenvalue weighted by Crippen LogP contribution is 2.31. The van der Waals surface area contributed by atoms with Crippen LogP contribution in [-0.2, 0) is 4.74 Å². The van der Waals surface area contributed by atoms with Crippen LogP contribution in [0.2, 0.25) is 0 Å². The number of ether oxygens (including phenoxy) is 1. The van der Waals surface area contributed by atoms with E-state index in [1.807, 2.05) is 34.6 Å². The standard InChI is InChI=1S/C11H17BrN2O2S/c1-7(2)16-10(15)14(11(3,4)5)9-13-6-8(12)17-9/h6-7H,1-5H3. The molecule has 0 aromatic carbocycles. The van der Waals surface area contributed by atoms with Crippen molar-refractivity contribution < 1.29 is 9.53 Å². The van der Waals surface area contributed by atoms with Crippen molar-refractivity contribution in [3.63, 3.8) is 0 Å². The third kappa shape index (κ3) is 3.96. The smallest absolute Gasteiger partial charge is 0.416 e. The van der Waals surface area contributed by atoms with E-state index in [1.54, 1.807) is 11.1 Å². The van der Waals surface area contributed by atoms with Crippen LogP contribution >= 0.6 is 27.3 Å². The molecule has 0 aliphatic heterocycles. The van der Waals surface area contributed by atoms with Crippen LogP contribution in [-0.4, -0.2) is 22.7 Å². The Morgan fingerprint density at radius 2 is 2.12 bits per heavy atom. The minimum absolute atomic E-state index is 0.143. The Kier molecular flexibility index (Phi) is 4.55. The molecule has 0 N–H and O–H groups in total. The number of hydrogen-bond acceptors (Lipinski definition) is 4. The van der Waals surface area contributed by atoms with Crippen LogP contribution in [0.25, 0.3) is 0 Å². The van der Waals surface area contributed by atoms with Crippen LogP contribution in [0.1, 0.15) is 34.6 Å². The molecule has 0 atom stereocenters. The monoisotopic (exact) mass is 320 g/mol. The molecule has 6 heteroatoms. The van der Waals surface area contributed by atoms with Crippen molar-refractivity contribution in [2.45, 2.75) is 46.3 Å². The molecule has 0 saturated heterocycles. The molecule has 0 spiro atoms. The lowest BCUT2D eigenvalue weighted by atomic mass is 10.1. The lowest BCUT2D eigenvalue weighted by molar-refractivity contribution is 0.118. The molecule has 17 heavy (non-hydrogen) atoms. The lowest BCUT2D eigenvalue weighted by Crippen LogP contribution is -2.46. The first-order valence-electron chi connectivity index (χ1n) is 5.34. The second kappa shape index (κ2) is 5.35. The van der Waals surface area contributed by atoms with Crippen LogP contribution in [0.3, 0.4) is 0 Å². The van der Waals surface area contributed by atoms with E-state index in [-0.39, 0.29) is 17.7 Å². The summed E-state index contributed by atoms with van der Waals surface area (Å²) >= 11 is 4.75. The van der Waals surface area contributed by atoms with Crippen molar-refractivity contribution in [1.29, 1.82) is 0 Å². The summed E-state index contributed by atoms with van der Waals surface area (Å²) < 4.78 is 6.13. The molecule has 1 aromatic rings. The van der Waals surface area contributed by atoms with Crippen LogP contribution in [0.5, 0.6) is 0 Å². The van der Waals surface area contributed by atoms with Crippen molar-refractivity contribution in [1.82, 2.24) is 4.98 Å². The van der Waals surface area contributed by atoms with Crippen LogP contribution in [0.15, 0.2) is 9.98 Å². The van der Waals surface area contributed by atoms with Gasteiger partial charge in [-0.25, -0.2) is 14.7 Å². The summed E-state index contributed by atoms with van der Waals surface area (Å²) in [7, 11) is 0. The number of carbonyl (C=O) groups is 1. The van der Waals surface area contributed by atoms with Gasteiger partial charge in [0.25, 0.3) is 0 Å². The summed E-state index contributed by atoms with van der Waals surface area (Å²) in [6.45, 7) is 9.50. The van der Waals surface area contributed by atoms with E-state index in [4.69, 9.17) is 4.74 Å². The number of halogens is 1. The predicted octanol–water partition coefficient (Wildman–Crippen LogP) is 4.06. The van der Waals surface area contributed by atoms with Gasteiger partial charge in [-0.3, -0.25) is 0 Å². The summed E-state index contributed by atoms with van der Waals surface area (Å²) in [5.74, 6) is 0. The lowest BCUT2D eigenvalue weighted by Gasteiger charge is -2.32. The number of thiazole rings is 1. The molecule has 0 saturated carbocycles. The topological polar surface area (TPSA) is 42.4 Å². The molecular weight excluding hydrogens is 304 g/mol. The number of carbonyl (C=O) groups excluding carboxylic acids is 1. The normalized spacial score (nSPS) is 11.7. The molecule has 0 aliphatic carbocycles. The largest absolute Gasteiger partial charge is 0.446 e. The number of rotatable bonds is 2. The Morgan fingerprint density at radius 3 is 2.47 bits per heavy atom. The molecule has 1 aromatic heterocycles.